The Morgan fingerprint density at radius 2 is 1.70 bits per heavy atom. The molecule has 5 nitrogen and oxygen atoms in total. The van der Waals surface area contributed by atoms with Gasteiger partial charge in [-0.15, -0.1) is 23.4 Å². The lowest BCUT2D eigenvalue weighted by Crippen LogP contribution is -2.74. The molecule has 0 saturated heterocycles. The van der Waals surface area contributed by atoms with E-state index in [1.165, 1.54) is 0 Å². The predicted octanol–water partition coefficient (Wildman–Crippen LogP) is 2.12. The van der Waals surface area contributed by atoms with E-state index in [4.69, 9.17) is 10.2 Å². The first-order valence-electron chi connectivity index (χ1n) is 6.65. The van der Waals surface area contributed by atoms with E-state index < -0.39 is 12.0 Å². The van der Waals surface area contributed by atoms with Gasteiger partial charge in [0.1, 0.15) is 0 Å². The van der Waals surface area contributed by atoms with Crippen molar-refractivity contribution in [1.82, 2.24) is 10.2 Å². The molecule has 2 N–H and O–H groups in total. The van der Waals surface area contributed by atoms with Gasteiger partial charge in [-0.25, -0.2) is 0 Å². The zero-order valence-corrected chi connectivity index (χ0v) is 10.7. The normalized spacial score (nSPS) is 37.8. The second kappa shape index (κ2) is 3.36. The van der Waals surface area contributed by atoms with Crippen LogP contribution in [0.25, 0.3) is 0 Å². The van der Waals surface area contributed by atoms with Crippen LogP contribution in [0.2, 0.25) is 0 Å². The van der Waals surface area contributed by atoms with Gasteiger partial charge in [0.2, 0.25) is 11.8 Å². The molecule has 20 heavy (non-hydrogen) atoms. The average Bonchev–Trinajstić information content (AvgIpc) is 2.65. The predicted molar refractivity (Wildman–Crippen MR) is 59.4 cm³/mol. The lowest BCUT2D eigenvalue weighted by molar-refractivity contribution is -0.387. The fourth-order valence-electron chi connectivity index (χ4n) is 3.79. The third kappa shape index (κ3) is 1.57. The van der Waals surface area contributed by atoms with E-state index in [1.807, 2.05) is 0 Å². The summed E-state index contributed by atoms with van der Waals surface area (Å²) in [5, 5.41) is 7.74. The van der Waals surface area contributed by atoms with Crippen molar-refractivity contribution in [2.75, 3.05) is 0 Å². The van der Waals surface area contributed by atoms with Crippen LogP contribution < -0.4 is 5.73 Å². The van der Waals surface area contributed by atoms with Gasteiger partial charge in [0, 0.05) is 5.54 Å². The molecule has 8 heteroatoms. The molecule has 0 aliphatic heterocycles. The monoisotopic (exact) mass is 289 g/mol. The molecular formula is C12H14F3N3O2. The molecule has 0 amide bonds. The highest BCUT2D eigenvalue weighted by molar-refractivity contribution is 5.33. The zero-order chi connectivity index (χ0) is 14.2. The van der Waals surface area contributed by atoms with Crippen molar-refractivity contribution >= 4 is 0 Å². The van der Waals surface area contributed by atoms with Gasteiger partial charge in [0.05, 0.1) is 5.41 Å². The third-order valence-corrected chi connectivity index (χ3v) is 4.81. The molecule has 0 aromatic carbocycles. The number of alkyl halides is 3. The Morgan fingerprint density at radius 1 is 1.10 bits per heavy atom. The highest BCUT2D eigenvalue weighted by atomic mass is 19.4. The molecule has 0 radical (unpaired) electrons. The minimum Gasteiger partial charge on any atom is -0.421 e. The minimum absolute atomic E-state index is 0.0492. The molecule has 4 fully saturated rings. The van der Waals surface area contributed by atoms with Crippen molar-refractivity contribution in [3.05, 3.63) is 11.8 Å². The van der Waals surface area contributed by atoms with Crippen LogP contribution in [0, 0.1) is 0 Å². The van der Waals surface area contributed by atoms with Crippen molar-refractivity contribution in [3.8, 4) is 0 Å². The maximum atomic E-state index is 12.5. The van der Waals surface area contributed by atoms with Gasteiger partial charge in [-0.05, 0) is 38.5 Å². The molecule has 4 aliphatic rings. The Labute approximate surface area is 112 Å². The molecule has 110 valence electrons. The maximum absolute atomic E-state index is 12.5. The Balaban J connectivity index is 1.58. The largest absolute Gasteiger partial charge is 0.523 e. The number of aromatic nitrogens is 2. The van der Waals surface area contributed by atoms with E-state index in [0.29, 0.717) is 12.3 Å². The number of nitrogens with two attached hydrogens (primary N) is 1. The van der Waals surface area contributed by atoms with Gasteiger partial charge in [-0.3, -0.25) is 4.74 Å². The fourth-order valence-corrected chi connectivity index (χ4v) is 3.79. The van der Waals surface area contributed by atoms with Gasteiger partial charge in [-0.2, -0.15) is 0 Å². The summed E-state index contributed by atoms with van der Waals surface area (Å²) in [6.07, 6.45) is -1.22. The van der Waals surface area contributed by atoms with E-state index in [9.17, 15) is 13.2 Å². The summed E-state index contributed by atoms with van der Waals surface area (Å²) in [5.74, 6) is 0.365. The zero-order valence-electron chi connectivity index (χ0n) is 10.7. The number of ether oxygens (including phenoxy) is 1. The lowest BCUT2D eigenvalue weighted by Gasteiger charge is -2.66. The van der Waals surface area contributed by atoms with Crippen LogP contribution in [0.5, 0.6) is 0 Å². The van der Waals surface area contributed by atoms with E-state index in [2.05, 4.69) is 14.9 Å². The van der Waals surface area contributed by atoms with Crippen molar-refractivity contribution in [1.29, 1.82) is 0 Å². The summed E-state index contributed by atoms with van der Waals surface area (Å²) >= 11 is 0. The van der Waals surface area contributed by atoms with Crippen LogP contribution in [0.4, 0.5) is 13.2 Å². The Hall–Kier alpha value is -1.15. The first-order chi connectivity index (χ1) is 9.25. The minimum atomic E-state index is -4.70. The molecule has 0 unspecified atom stereocenters. The fraction of sp³-hybridized carbons (Fsp3) is 0.833. The van der Waals surface area contributed by atoms with Crippen molar-refractivity contribution < 1.29 is 22.3 Å². The van der Waals surface area contributed by atoms with Crippen LogP contribution in [-0.2, 0) is 15.8 Å². The van der Waals surface area contributed by atoms with E-state index in [1.54, 1.807) is 0 Å². The summed E-state index contributed by atoms with van der Waals surface area (Å²) in [7, 11) is 0. The molecule has 4 aliphatic carbocycles. The summed E-state index contributed by atoms with van der Waals surface area (Å²) in [4.78, 5) is 0. The molecule has 0 atom stereocenters. The summed E-state index contributed by atoms with van der Waals surface area (Å²) in [6.45, 7) is 0. The summed E-state index contributed by atoms with van der Waals surface area (Å²) < 4.78 is 47.3. The Morgan fingerprint density at radius 3 is 2.15 bits per heavy atom. The van der Waals surface area contributed by atoms with Crippen molar-refractivity contribution in [2.45, 2.75) is 61.4 Å². The molecule has 1 heterocycles. The van der Waals surface area contributed by atoms with Crippen LogP contribution in [0.1, 0.15) is 50.3 Å². The molecule has 1 aromatic rings. The first kappa shape index (κ1) is 12.6. The van der Waals surface area contributed by atoms with Crippen molar-refractivity contribution in [2.24, 2.45) is 5.73 Å². The highest BCUT2D eigenvalue weighted by Crippen LogP contribution is 2.66. The average molecular weight is 289 g/mol. The SMILES string of the molecule is NC12CC(c3nnc(C4(OC(F)(F)F)CCC4)o3)(C1)C2. The van der Waals surface area contributed by atoms with Crippen LogP contribution in [0.15, 0.2) is 4.42 Å². The van der Waals surface area contributed by atoms with E-state index >= 15 is 0 Å². The molecule has 0 spiro atoms. The van der Waals surface area contributed by atoms with Crippen molar-refractivity contribution in [3.63, 3.8) is 0 Å². The quantitative estimate of drug-likeness (QED) is 0.922. The van der Waals surface area contributed by atoms with E-state index in [-0.39, 0.29) is 29.7 Å². The number of hydrogen-bond acceptors (Lipinski definition) is 5. The highest BCUT2D eigenvalue weighted by Gasteiger charge is 2.69. The van der Waals surface area contributed by atoms with E-state index in [0.717, 1.165) is 19.3 Å². The molecule has 2 bridgehead atoms. The second-order valence-corrected chi connectivity index (χ2v) is 6.48. The number of halogens is 3. The smallest absolute Gasteiger partial charge is 0.421 e. The third-order valence-electron chi connectivity index (χ3n) is 4.81. The van der Waals surface area contributed by atoms with Crippen LogP contribution >= 0.6 is 0 Å². The summed E-state index contributed by atoms with van der Waals surface area (Å²) in [5.41, 5.74) is 4.17. The molecule has 5 rings (SSSR count). The number of hydrogen-bond donors (Lipinski definition) is 1. The second-order valence-electron chi connectivity index (χ2n) is 6.48. The summed E-state index contributed by atoms with van der Waals surface area (Å²) in [6, 6.07) is 0. The first-order valence-corrected chi connectivity index (χ1v) is 6.65. The number of nitrogens with zero attached hydrogens (tertiary/aromatic N) is 2. The lowest BCUT2D eigenvalue weighted by atomic mass is 9.40. The van der Waals surface area contributed by atoms with Gasteiger partial charge < -0.3 is 10.2 Å². The van der Waals surface area contributed by atoms with Gasteiger partial charge in [0.15, 0.2) is 5.60 Å². The topological polar surface area (TPSA) is 74.2 Å². The van der Waals surface area contributed by atoms with Crippen LogP contribution in [-0.4, -0.2) is 22.1 Å². The number of rotatable bonds is 3. The Kier molecular flexibility index (Phi) is 2.11. The van der Waals surface area contributed by atoms with Crippen LogP contribution in [0.3, 0.4) is 0 Å². The Bertz CT molecular complexity index is 545. The van der Waals surface area contributed by atoms with Gasteiger partial charge >= 0.3 is 6.36 Å². The van der Waals surface area contributed by atoms with Gasteiger partial charge in [-0.1, -0.05) is 0 Å². The maximum Gasteiger partial charge on any atom is 0.523 e. The van der Waals surface area contributed by atoms with Gasteiger partial charge in [0.25, 0.3) is 0 Å². The molecular weight excluding hydrogens is 275 g/mol. The molecule has 4 saturated carbocycles. The molecule has 1 aromatic heterocycles. The standard InChI is InChI=1S/C12H14F3N3O2/c13-12(14,15)20-11(2-1-3-11)8-18-17-7(19-8)9-4-10(16,5-9)6-9/h1-6,16H2.